The molecule has 1 aromatic heterocycles. The molecule has 0 saturated carbocycles. The lowest BCUT2D eigenvalue weighted by atomic mass is 10.1. The van der Waals surface area contributed by atoms with Crippen LogP contribution in [0.4, 0.5) is 0 Å². The molecule has 9 nitrogen and oxygen atoms in total. The van der Waals surface area contributed by atoms with Crippen LogP contribution >= 0.6 is 0 Å². The molecule has 3 aromatic rings. The highest BCUT2D eigenvalue weighted by Crippen LogP contribution is 2.31. The third-order valence-electron chi connectivity index (χ3n) is 4.56. The van der Waals surface area contributed by atoms with Gasteiger partial charge in [-0.2, -0.15) is 4.72 Å². The van der Waals surface area contributed by atoms with E-state index in [9.17, 15) is 13.2 Å². The van der Waals surface area contributed by atoms with Gasteiger partial charge < -0.3 is 20.1 Å². The minimum absolute atomic E-state index is 0.0460. The van der Waals surface area contributed by atoms with E-state index in [1.54, 1.807) is 38.1 Å². The predicted octanol–water partition coefficient (Wildman–Crippen LogP) is 2.16. The average molecular weight is 419 g/mol. The summed E-state index contributed by atoms with van der Waals surface area (Å²) in [7, 11) is -2.79. The number of benzene rings is 2. The van der Waals surface area contributed by atoms with Crippen LogP contribution in [0.5, 0.6) is 0 Å². The van der Waals surface area contributed by atoms with E-state index in [1.165, 1.54) is 19.2 Å². The fourth-order valence-corrected chi connectivity index (χ4v) is 4.31. The third-order valence-corrected chi connectivity index (χ3v) is 6.00. The van der Waals surface area contributed by atoms with Gasteiger partial charge in [-0.25, -0.2) is 8.42 Å². The minimum atomic E-state index is -4.00. The normalized spacial score (nSPS) is 13.9. The lowest BCUT2D eigenvalue weighted by molar-refractivity contribution is -0.143. The van der Waals surface area contributed by atoms with E-state index >= 15 is 0 Å². The maximum Gasteiger partial charge on any atom is 0.324 e. The van der Waals surface area contributed by atoms with E-state index in [1.807, 2.05) is 0 Å². The Labute approximate surface area is 167 Å². The number of nitrogens with two attached hydrogens (primary N) is 1. The zero-order valence-corrected chi connectivity index (χ0v) is 16.9. The van der Waals surface area contributed by atoms with Crippen molar-refractivity contribution < 1.29 is 27.6 Å². The molecule has 1 atom stereocenters. The highest BCUT2D eigenvalue weighted by molar-refractivity contribution is 7.89. The Bertz CT molecular complexity index is 1210. The van der Waals surface area contributed by atoms with Crippen molar-refractivity contribution >= 4 is 43.8 Å². The largest absolute Gasteiger partial charge is 0.468 e. The average Bonchev–Trinajstić information content (AvgIpc) is 3.07. The van der Waals surface area contributed by atoms with Crippen LogP contribution in [0.25, 0.3) is 21.9 Å². The van der Waals surface area contributed by atoms with Gasteiger partial charge in [-0.05, 0) is 36.2 Å². The summed E-state index contributed by atoms with van der Waals surface area (Å²) in [6.07, 6.45) is 0. The summed E-state index contributed by atoms with van der Waals surface area (Å²) in [5.41, 5.74) is 6.99. The van der Waals surface area contributed by atoms with E-state index in [-0.39, 0.29) is 16.6 Å². The van der Waals surface area contributed by atoms with Crippen LogP contribution in [0.2, 0.25) is 0 Å². The van der Waals surface area contributed by atoms with Crippen molar-refractivity contribution in [3.05, 3.63) is 42.0 Å². The molecule has 0 radical (unpaired) electrons. The molecule has 0 aliphatic rings. The van der Waals surface area contributed by atoms with Gasteiger partial charge in [-0.15, -0.1) is 0 Å². The van der Waals surface area contributed by atoms with E-state index in [4.69, 9.17) is 15.4 Å². The van der Waals surface area contributed by atoms with Crippen LogP contribution in [0.15, 0.2) is 50.9 Å². The molecule has 10 heteroatoms. The first-order valence-corrected chi connectivity index (χ1v) is 10.2. The highest BCUT2D eigenvalue weighted by Gasteiger charge is 2.29. The molecule has 2 aromatic carbocycles. The van der Waals surface area contributed by atoms with Gasteiger partial charge in [-0.3, -0.25) is 4.79 Å². The monoisotopic (exact) mass is 419 g/mol. The molecule has 0 fully saturated rings. The van der Waals surface area contributed by atoms with Crippen LogP contribution < -0.4 is 10.5 Å². The zero-order chi connectivity index (χ0) is 21.3. The molecule has 0 spiro atoms. The standard InChI is InChI=1S/C19H21N3O6S/c1-10(2)17(19(23)27-3)22-29(25,26)12-5-6-13-14-8-11(18(20)21-24)4-7-15(14)28-16(13)9-12/h4-10,17,22,24H,1-3H3,(H2,20,21)/t17-/m0/s1. The van der Waals surface area contributed by atoms with Crippen LogP contribution in [0.1, 0.15) is 19.4 Å². The molecule has 0 unspecified atom stereocenters. The number of carbonyl (C=O) groups is 1. The number of hydrogen-bond acceptors (Lipinski definition) is 7. The van der Waals surface area contributed by atoms with Crippen LogP contribution in [-0.4, -0.2) is 38.6 Å². The Morgan fingerprint density at radius 3 is 2.52 bits per heavy atom. The van der Waals surface area contributed by atoms with Crippen LogP contribution in [0, 0.1) is 5.92 Å². The first-order chi connectivity index (χ1) is 13.7. The summed E-state index contributed by atoms with van der Waals surface area (Å²) in [5, 5.41) is 13.2. The minimum Gasteiger partial charge on any atom is -0.468 e. The fourth-order valence-electron chi connectivity index (χ4n) is 2.96. The topological polar surface area (TPSA) is 144 Å². The number of methoxy groups -OCH3 is 1. The van der Waals surface area contributed by atoms with Crippen LogP contribution in [0.3, 0.4) is 0 Å². The summed E-state index contributed by atoms with van der Waals surface area (Å²) in [6.45, 7) is 3.43. The SMILES string of the molecule is COC(=O)[C@@H](NS(=O)(=O)c1ccc2c(c1)oc1ccc(C(N)=NO)cc12)C(C)C. The highest BCUT2D eigenvalue weighted by atomic mass is 32.2. The van der Waals surface area contributed by atoms with Gasteiger partial charge in [0.1, 0.15) is 17.2 Å². The Morgan fingerprint density at radius 1 is 1.17 bits per heavy atom. The van der Waals surface area contributed by atoms with Crippen molar-refractivity contribution in [2.24, 2.45) is 16.8 Å². The number of rotatable bonds is 6. The van der Waals surface area contributed by atoms with Gasteiger partial charge in [0.15, 0.2) is 5.84 Å². The van der Waals surface area contributed by atoms with Crippen molar-refractivity contribution in [1.29, 1.82) is 0 Å². The molecule has 3 rings (SSSR count). The molecule has 1 heterocycles. The van der Waals surface area contributed by atoms with Crippen LogP contribution in [-0.2, 0) is 19.6 Å². The van der Waals surface area contributed by atoms with Gasteiger partial charge in [0.2, 0.25) is 10.0 Å². The van der Waals surface area contributed by atoms with E-state index in [2.05, 4.69) is 14.6 Å². The second-order valence-electron chi connectivity index (χ2n) is 6.82. The number of amidine groups is 1. The molecular formula is C19H21N3O6S. The second-order valence-corrected chi connectivity index (χ2v) is 8.54. The number of hydrogen-bond donors (Lipinski definition) is 3. The van der Waals surface area contributed by atoms with Crippen molar-refractivity contribution in [1.82, 2.24) is 4.72 Å². The Morgan fingerprint density at radius 2 is 1.90 bits per heavy atom. The third kappa shape index (κ3) is 3.89. The second kappa shape index (κ2) is 7.72. The van der Waals surface area contributed by atoms with E-state index < -0.39 is 22.0 Å². The number of oxime groups is 1. The van der Waals surface area contributed by atoms with Crippen molar-refractivity contribution in [2.75, 3.05) is 7.11 Å². The number of nitrogens with zero attached hydrogens (tertiary/aromatic N) is 1. The smallest absolute Gasteiger partial charge is 0.324 e. The first kappa shape index (κ1) is 20.6. The number of fused-ring (bicyclic) bond motifs is 3. The fraction of sp³-hybridized carbons (Fsp3) is 0.263. The predicted molar refractivity (Wildman–Crippen MR) is 107 cm³/mol. The molecule has 29 heavy (non-hydrogen) atoms. The maximum atomic E-state index is 12.8. The number of ether oxygens (including phenoxy) is 1. The summed E-state index contributed by atoms with van der Waals surface area (Å²) in [5.74, 6) is -1.01. The van der Waals surface area contributed by atoms with E-state index in [0.717, 1.165) is 0 Å². The molecule has 0 saturated heterocycles. The number of nitrogens with one attached hydrogen (secondary N) is 1. The summed E-state index contributed by atoms with van der Waals surface area (Å²) < 4.78 is 38.4. The number of esters is 1. The lowest BCUT2D eigenvalue weighted by Gasteiger charge is -2.19. The molecule has 0 bridgehead atoms. The quantitative estimate of drug-likeness (QED) is 0.182. The summed E-state index contributed by atoms with van der Waals surface area (Å²) in [6, 6.07) is 8.37. The van der Waals surface area contributed by atoms with Gasteiger partial charge >= 0.3 is 5.97 Å². The molecular weight excluding hydrogens is 398 g/mol. The lowest BCUT2D eigenvalue weighted by Crippen LogP contribution is -2.44. The van der Waals surface area contributed by atoms with Gasteiger partial charge in [0.05, 0.1) is 12.0 Å². The number of carbonyl (C=O) groups excluding carboxylic acids is 1. The maximum absolute atomic E-state index is 12.8. The van der Waals surface area contributed by atoms with Gasteiger partial charge in [0.25, 0.3) is 0 Å². The van der Waals surface area contributed by atoms with Gasteiger partial charge in [-0.1, -0.05) is 19.0 Å². The van der Waals surface area contributed by atoms with Crippen molar-refractivity contribution in [3.63, 3.8) is 0 Å². The first-order valence-electron chi connectivity index (χ1n) is 8.72. The Kier molecular flexibility index (Phi) is 5.49. The molecule has 0 aliphatic heterocycles. The van der Waals surface area contributed by atoms with Crippen molar-refractivity contribution in [2.45, 2.75) is 24.8 Å². The molecule has 154 valence electrons. The zero-order valence-electron chi connectivity index (χ0n) is 16.0. The summed E-state index contributed by atoms with van der Waals surface area (Å²) in [4.78, 5) is 11.9. The molecule has 4 N–H and O–H groups in total. The van der Waals surface area contributed by atoms with Gasteiger partial charge in [0, 0.05) is 22.4 Å². The number of furan rings is 1. The Balaban J connectivity index is 2.04. The van der Waals surface area contributed by atoms with Crippen molar-refractivity contribution in [3.8, 4) is 0 Å². The van der Waals surface area contributed by atoms with E-state index in [0.29, 0.717) is 27.5 Å². The Hall–Kier alpha value is -3.11. The molecule has 0 aliphatic carbocycles. The number of sulfonamides is 1. The summed E-state index contributed by atoms with van der Waals surface area (Å²) >= 11 is 0. The molecule has 0 amide bonds.